The lowest BCUT2D eigenvalue weighted by atomic mass is 10.2. The molecule has 0 unspecified atom stereocenters. The molecular weight excluding hydrogens is 346 g/mol. The topological polar surface area (TPSA) is 41.6 Å². The molecule has 0 N–H and O–H groups in total. The van der Waals surface area contributed by atoms with Crippen molar-refractivity contribution >= 4 is 31.9 Å². The van der Waals surface area contributed by atoms with Crippen molar-refractivity contribution in [1.29, 1.82) is 5.26 Å². The fourth-order valence-electron chi connectivity index (χ4n) is 1.60. The largest absolute Gasteiger partial charge is 0.237 e. The van der Waals surface area contributed by atoms with Gasteiger partial charge in [0.25, 0.3) is 0 Å². The third kappa shape index (κ3) is 2.15. The normalized spacial score (nSPS) is 10.3. The quantitative estimate of drug-likeness (QED) is 0.779. The smallest absolute Gasteiger partial charge is 0.100 e. The minimum Gasteiger partial charge on any atom is -0.237 e. The molecule has 0 aliphatic carbocycles. The predicted molar refractivity (Wildman–Crippen MR) is 73.2 cm³/mol. The molecule has 0 fully saturated rings. The molecule has 0 saturated carbocycles. The van der Waals surface area contributed by atoms with Crippen molar-refractivity contribution in [3.05, 3.63) is 44.1 Å². The number of hydrogen-bond donors (Lipinski definition) is 0. The summed E-state index contributed by atoms with van der Waals surface area (Å²) in [5, 5.41) is 13.3. The van der Waals surface area contributed by atoms with Crippen LogP contribution in [0.5, 0.6) is 0 Å². The molecule has 0 aliphatic rings. The highest BCUT2D eigenvalue weighted by atomic mass is 79.9. The Balaban J connectivity index is 2.58. The Morgan fingerprint density at radius 3 is 2.47 bits per heavy atom. The van der Waals surface area contributed by atoms with Crippen LogP contribution in [0.3, 0.4) is 0 Å². The molecule has 1 aromatic carbocycles. The van der Waals surface area contributed by atoms with Gasteiger partial charge in [0.15, 0.2) is 0 Å². The van der Waals surface area contributed by atoms with Gasteiger partial charge >= 0.3 is 0 Å². The monoisotopic (exact) mass is 353 g/mol. The average Bonchev–Trinajstić information content (AvgIpc) is 2.57. The van der Waals surface area contributed by atoms with E-state index in [-0.39, 0.29) is 0 Å². The summed E-state index contributed by atoms with van der Waals surface area (Å²) in [6.07, 6.45) is 0. The van der Waals surface area contributed by atoms with Gasteiger partial charge in [-0.25, -0.2) is 4.68 Å². The molecule has 5 heteroatoms. The molecule has 3 nitrogen and oxygen atoms in total. The first-order chi connectivity index (χ1) is 8.04. The van der Waals surface area contributed by atoms with E-state index in [2.05, 4.69) is 43.0 Å². The lowest BCUT2D eigenvalue weighted by molar-refractivity contribution is 0.832. The van der Waals surface area contributed by atoms with E-state index in [0.29, 0.717) is 5.56 Å². The molecule has 2 aromatic rings. The summed E-state index contributed by atoms with van der Waals surface area (Å²) in [5.74, 6) is 0. The number of aryl methyl sites for hydroxylation is 1. The summed E-state index contributed by atoms with van der Waals surface area (Å²) < 4.78 is 3.64. The van der Waals surface area contributed by atoms with Crippen molar-refractivity contribution in [2.75, 3.05) is 0 Å². The predicted octanol–water partition coefficient (Wildman–Crippen LogP) is 3.89. The van der Waals surface area contributed by atoms with Crippen molar-refractivity contribution in [3.8, 4) is 11.8 Å². The first-order valence-corrected chi connectivity index (χ1v) is 6.55. The Kier molecular flexibility index (Phi) is 3.36. The van der Waals surface area contributed by atoms with Crippen LogP contribution < -0.4 is 0 Å². The molecular formula is C12H9Br2N3. The summed E-state index contributed by atoms with van der Waals surface area (Å²) in [5.41, 5.74) is 3.54. The van der Waals surface area contributed by atoms with Crippen molar-refractivity contribution in [3.63, 3.8) is 0 Å². The van der Waals surface area contributed by atoms with Crippen molar-refractivity contribution in [1.82, 2.24) is 9.78 Å². The zero-order chi connectivity index (χ0) is 12.6. The molecule has 0 saturated heterocycles. The fraction of sp³-hybridized carbons (Fsp3) is 0.167. The van der Waals surface area contributed by atoms with Crippen LogP contribution in [0.1, 0.15) is 17.0 Å². The standard InChI is InChI=1S/C12H9Br2N3/c1-7-12(14)8(2)17(16-7)10-4-3-9(6-15)11(13)5-10/h3-5H,1-2H3. The van der Waals surface area contributed by atoms with E-state index in [1.807, 2.05) is 30.7 Å². The molecule has 0 spiro atoms. The van der Waals surface area contributed by atoms with Crippen LogP contribution >= 0.6 is 31.9 Å². The Labute approximate surface area is 116 Å². The Morgan fingerprint density at radius 2 is 2.00 bits per heavy atom. The highest BCUT2D eigenvalue weighted by Crippen LogP contribution is 2.25. The van der Waals surface area contributed by atoms with E-state index >= 15 is 0 Å². The lowest BCUT2D eigenvalue weighted by Crippen LogP contribution is -1.99. The Morgan fingerprint density at radius 1 is 1.29 bits per heavy atom. The molecule has 0 amide bonds. The third-order valence-electron chi connectivity index (χ3n) is 2.52. The van der Waals surface area contributed by atoms with Crippen LogP contribution in [0.15, 0.2) is 27.1 Å². The molecule has 86 valence electrons. The minimum atomic E-state index is 0.620. The summed E-state index contributed by atoms with van der Waals surface area (Å²) in [6.45, 7) is 3.95. The summed E-state index contributed by atoms with van der Waals surface area (Å²) >= 11 is 6.88. The molecule has 17 heavy (non-hydrogen) atoms. The Hall–Kier alpha value is -1.12. The van der Waals surface area contributed by atoms with Gasteiger partial charge in [-0.1, -0.05) is 0 Å². The van der Waals surface area contributed by atoms with Crippen LogP contribution in [0.2, 0.25) is 0 Å². The number of nitrogens with zero attached hydrogens (tertiary/aromatic N) is 3. The maximum atomic E-state index is 8.87. The van der Waals surface area contributed by atoms with Crippen LogP contribution in [0.25, 0.3) is 5.69 Å². The molecule has 2 rings (SSSR count). The molecule has 0 bridgehead atoms. The molecule has 1 aromatic heterocycles. The van der Waals surface area contributed by atoms with Gasteiger partial charge in [-0.15, -0.1) is 0 Å². The maximum Gasteiger partial charge on any atom is 0.100 e. The van der Waals surface area contributed by atoms with Crippen LogP contribution in [0.4, 0.5) is 0 Å². The van der Waals surface area contributed by atoms with Gasteiger partial charge in [0.2, 0.25) is 0 Å². The van der Waals surface area contributed by atoms with Gasteiger partial charge in [0.1, 0.15) is 6.07 Å². The second-order valence-corrected chi connectivity index (χ2v) is 5.32. The van der Waals surface area contributed by atoms with Crippen molar-refractivity contribution < 1.29 is 0 Å². The second kappa shape index (κ2) is 4.63. The van der Waals surface area contributed by atoms with Gasteiger partial charge in [-0.2, -0.15) is 10.4 Å². The lowest BCUT2D eigenvalue weighted by Gasteiger charge is -2.05. The summed E-state index contributed by atoms with van der Waals surface area (Å²) in [4.78, 5) is 0. The van der Waals surface area contributed by atoms with E-state index in [1.54, 1.807) is 6.07 Å². The average molecular weight is 355 g/mol. The highest BCUT2D eigenvalue weighted by Gasteiger charge is 2.11. The molecule has 1 heterocycles. The Bertz CT molecular complexity index is 623. The second-order valence-electron chi connectivity index (χ2n) is 3.67. The molecule has 0 radical (unpaired) electrons. The first-order valence-electron chi connectivity index (χ1n) is 4.96. The van der Waals surface area contributed by atoms with Crippen molar-refractivity contribution in [2.45, 2.75) is 13.8 Å². The van der Waals surface area contributed by atoms with E-state index in [0.717, 1.165) is 26.0 Å². The summed E-state index contributed by atoms with van der Waals surface area (Å²) in [7, 11) is 0. The van der Waals surface area contributed by atoms with Gasteiger partial charge < -0.3 is 0 Å². The van der Waals surface area contributed by atoms with Crippen LogP contribution in [0, 0.1) is 25.2 Å². The molecule has 0 atom stereocenters. The first kappa shape index (κ1) is 12.3. The fourth-order valence-corrected chi connectivity index (χ4v) is 2.30. The van der Waals surface area contributed by atoms with E-state index in [1.165, 1.54) is 0 Å². The number of benzene rings is 1. The van der Waals surface area contributed by atoms with Crippen molar-refractivity contribution in [2.24, 2.45) is 0 Å². The van der Waals surface area contributed by atoms with Crippen LogP contribution in [-0.2, 0) is 0 Å². The molecule has 0 aliphatic heterocycles. The van der Waals surface area contributed by atoms with Gasteiger partial charge in [0.05, 0.1) is 27.1 Å². The number of nitriles is 1. The minimum absolute atomic E-state index is 0.620. The summed E-state index contributed by atoms with van der Waals surface area (Å²) in [6, 6.07) is 7.68. The zero-order valence-corrected chi connectivity index (χ0v) is 12.5. The zero-order valence-electron chi connectivity index (χ0n) is 9.33. The number of rotatable bonds is 1. The SMILES string of the molecule is Cc1nn(-c2ccc(C#N)c(Br)c2)c(C)c1Br. The van der Waals surface area contributed by atoms with Gasteiger partial charge in [-0.05, 0) is 63.9 Å². The van der Waals surface area contributed by atoms with E-state index < -0.39 is 0 Å². The number of hydrogen-bond acceptors (Lipinski definition) is 2. The van der Waals surface area contributed by atoms with E-state index in [4.69, 9.17) is 5.26 Å². The number of halogens is 2. The van der Waals surface area contributed by atoms with Gasteiger partial charge in [-0.3, -0.25) is 0 Å². The van der Waals surface area contributed by atoms with E-state index in [9.17, 15) is 0 Å². The number of aromatic nitrogens is 2. The third-order valence-corrected chi connectivity index (χ3v) is 4.32. The van der Waals surface area contributed by atoms with Crippen LogP contribution in [-0.4, -0.2) is 9.78 Å². The maximum absolute atomic E-state index is 8.87. The van der Waals surface area contributed by atoms with Gasteiger partial charge in [0, 0.05) is 4.47 Å². The highest BCUT2D eigenvalue weighted by molar-refractivity contribution is 9.10.